The van der Waals surface area contributed by atoms with Gasteiger partial charge in [0.2, 0.25) is 0 Å². The second-order valence-corrected chi connectivity index (χ2v) is 5.29. The molecular formula is C15H16Cl2N2. The average Bonchev–Trinajstić information content (AvgIpc) is 2.37. The topological polar surface area (TPSA) is 15.3 Å². The molecule has 1 N–H and O–H groups in total. The number of nitrogens with one attached hydrogen (secondary N) is 1. The van der Waals surface area contributed by atoms with Crippen molar-refractivity contribution in [1.82, 2.24) is 0 Å². The molecule has 0 saturated heterocycles. The molecule has 0 aromatic heterocycles. The Bertz CT molecular complexity index is 568. The van der Waals surface area contributed by atoms with Gasteiger partial charge in [-0.3, -0.25) is 0 Å². The smallest absolute Gasteiger partial charge is 0.0786 e. The lowest BCUT2D eigenvalue weighted by Gasteiger charge is -2.20. The highest BCUT2D eigenvalue weighted by molar-refractivity contribution is 6.34. The van der Waals surface area contributed by atoms with Crippen LogP contribution in [0.25, 0.3) is 0 Å². The van der Waals surface area contributed by atoms with Gasteiger partial charge in [-0.15, -0.1) is 0 Å². The molecule has 0 aliphatic rings. The molecule has 2 nitrogen and oxygen atoms in total. The van der Waals surface area contributed by atoms with Crippen LogP contribution in [0.15, 0.2) is 42.5 Å². The maximum Gasteiger partial charge on any atom is 0.0786 e. The summed E-state index contributed by atoms with van der Waals surface area (Å²) in [6, 6.07) is 13.6. The van der Waals surface area contributed by atoms with Gasteiger partial charge in [0, 0.05) is 25.7 Å². The zero-order valence-electron chi connectivity index (χ0n) is 11.0. The molecule has 0 saturated carbocycles. The highest BCUT2D eigenvalue weighted by Crippen LogP contribution is 2.33. The lowest BCUT2D eigenvalue weighted by Crippen LogP contribution is -2.12. The molecule has 100 valence electrons. The van der Waals surface area contributed by atoms with Gasteiger partial charge in [-0.05, 0) is 23.8 Å². The largest absolute Gasteiger partial charge is 0.379 e. The minimum atomic E-state index is 0.668. The van der Waals surface area contributed by atoms with E-state index in [0.717, 1.165) is 27.0 Å². The maximum absolute atomic E-state index is 6.23. The molecule has 0 unspecified atom stereocenters. The van der Waals surface area contributed by atoms with E-state index in [1.54, 1.807) is 0 Å². The Hall–Kier alpha value is -1.38. The monoisotopic (exact) mass is 294 g/mol. The van der Waals surface area contributed by atoms with Crippen LogP contribution in [0.5, 0.6) is 0 Å². The molecular weight excluding hydrogens is 279 g/mol. The van der Waals surface area contributed by atoms with Crippen LogP contribution in [0, 0.1) is 0 Å². The number of halogens is 2. The first-order valence-corrected chi connectivity index (χ1v) is 6.78. The molecule has 0 atom stereocenters. The van der Waals surface area contributed by atoms with Crippen LogP contribution in [-0.4, -0.2) is 14.1 Å². The van der Waals surface area contributed by atoms with Gasteiger partial charge >= 0.3 is 0 Å². The van der Waals surface area contributed by atoms with Crippen LogP contribution >= 0.6 is 23.2 Å². The van der Waals surface area contributed by atoms with Crippen molar-refractivity contribution in [2.75, 3.05) is 24.3 Å². The normalized spacial score (nSPS) is 10.3. The third-order valence-electron chi connectivity index (χ3n) is 2.86. The number of anilines is 2. The molecule has 0 radical (unpaired) electrons. The molecule has 2 aromatic rings. The standard InChI is InChI=1S/C15H16Cl2N2/c1-19(2)15-13(17)8-5-9-14(15)18-10-11-6-3-4-7-12(11)16/h3-9,18H,10H2,1-2H3. The number of para-hydroxylation sites is 1. The fraction of sp³-hybridized carbons (Fsp3) is 0.200. The van der Waals surface area contributed by atoms with Gasteiger partial charge in [0.1, 0.15) is 0 Å². The van der Waals surface area contributed by atoms with Gasteiger partial charge in [-0.2, -0.15) is 0 Å². The number of benzene rings is 2. The first-order valence-electron chi connectivity index (χ1n) is 6.02. The van der Waals surface area contributed by atoms with Crippen molar-refractivity contribution in [2.24, 2.45) is 0 Å². The summed E-state index contributed by atoms with van der Waals surface area (Å²) in [5.41, 5.74) is 3.04. The quantitative estimate of drug-likeness (QED) is 0.881. The zero-order valence-corrected chi connectivity index (χ0v) is 12.5. The number of hydrogen-bond donors (Lipinski definition) is 1. The Balaban J connectivity index is 2.21. The molecule has 0 aliphatic carbocycles. The van der Waals surface area contributed by atoms with Crippen molar-refractivity contribution >= 4 is 34.6 Å². The van der Waals surface area contributed by atoms with E-state index in [9.17, 15) is 0 Å². The van der Waals surface area contributed by atoms with Crippen molar-refractivity contribution in [1.29, 1.82) is 0 Å². The van der Waals surface area contributed by atoms with Crippen LogP contribution in [-0.2, 0) is 6.54 Å². The second-order valence-electron chi connectivity index (χ2n) is 4.48. The van der Waals surface area contributed by atoms with E-state index in [1.165, 1.54) is 0 Å². The van der Waals surface area contributed by atoms with E-state index in [-0.39, 0.29) is 0 Å². The van der Waals surface area contributed by atoms with Crippen LogP contribution in [0.2, 0.25) is 10.0 Å². The lowest BCUT2D eigenvalue weighted by atomic mass is 10.2. The zero-order chi connectivity index (χ0) is 13.8. The molecule has 0 spiro atoms. The summed E-state index contributed by atoms with van der Waals surface area (Å²) in [6.45, 7) is 0.668. The van der Waals surface area contributed by atoms with Gasteiger partial charge < -0.3 is 10.2 Å². The van der Waals surface area contributed by atoms with E-state index in [4.69, 9.17) is 23.2 Å². The van der Waals surface area contributed by atoms with Crippen LogP contribution in [0.4, 0.5) is 11.4 Å². The van der Waals surface area contributed by atoms with Gasteiger partial charge in [0.25, 0.3) is 0 Å². The maximum atomic E-state index is 6.23. The molecule has 2 rings (SSSR count). The summed E-state index contributed by atoms with van der Waals surface area (Å²) in [7, 11) is 3.95. The SMILES string of the molecule is CN(C)c1c(Cl)cccc1NCc1ccccc1Cl. The van der Waals surface area contributed by atoms with E-state index >= 15 is 0 Å². The molecule has 0 amide bonds. The lowest BCUT2D eigenvalue weighted by molar-refractivity contribution is 1.10. The predicted octanol–water partition coefficient (Wildman–Crippen LogP) is 4.67. The number of hydrogen-bond acceptors (Lipinski definition) is 2. The third kappa shape index (κ3) is 3.34. The van der Waals surface area contributed by atoms with E-state index in [2.05, 4.69) is 5.32 Å². The Kier molecular flexibility index (Phi) is 4.56. The Morgan fingerprint density at radius 2 is 1.63 bits per heavy atom. The van der Waals surface area contributed by atoms with Gasteiger partial charge in [0.15, 0.2) is 0 Å². The molecule has 0 bridgehead atoms. The molecule has 4 heteroatoms. The van der Waals surface area contributed by atoms with Gasteiger partial charge in [-0.1, -0.05) is 47.5 Å². The van der Waals surface area contributed by atoms with Crippen molar-refractivity contribution in [3.8, 4) is 0 Å². The minimum absolute atomic E-state index is 0.668. The van der Waals surface area contributed by atoms with Gasteiger partial charge in [-0.25, -0.2) is 0 Å². The summed E-state index contributed by atoms with van der Waals surface area (Å²) in [4.78, 5) is 2.00. The molecule has 0 fully saturated rings. The highest BCUT2D eigenvalue weighted by Gasteiger charge is 2.09. The highest BCUT2D eigenvalue weighted by atomic mass is 35.5. The molecule has 19 heavy (non-hydrogen) atoms. The van der Waals surface area contributed by atoms with E-state index in [0.29, 0.717) is 6.54 Å². The average molecular weight is 295 g/mol. The summed E-state index contributed by atoms with van der Waals surface area (Å²) in [5.74, 6) is 0. The summed E-state index contributed by atoms with van der Waals surface area (Å²) in [6.07, 6.45) is 0. The summed E-state index contributed by atoms with van der Waals surface area (Å²) < 4.78 is 0. The van der Waals surface area contributed by atoms with Crippen molar-refractivity contribution in [3.63, 3.8) is 0 Å². The molecule has 0 aliphatic heterocycles. The second kappa shape index (κ2) is 6.18. The van der Waals surface area contributed by atoms with Crippen LogP contribution in [0.1, 0.15) is 5.56 Å². The number of rotatable bonds is 4. The predicted molar refractivity (Wildman–Crippen MR) is 84.6 cm³/mol. The first-order chi connectivity index (χ1) is 9.09. The van der Waals surface area contributed by atoms with Gasteiger partial charge in [0.05, 0.1) is 16.4 Å². The number of nitrogens with zero attached hydrogens (tertiary/aromatic N) is 1. The molecule has 0 heterocycles. The fourth-order valence-corrected chi connectivity index (χ4v) is 2.49. The van der Waals surface area contributed by atoms with Crippen LogP contribution < -0.4 is 10.2 Å². The van der Waals surface area contributed by atoms with Crippen molar-refractivity contribution in [3.05, 3.63) is 58.1 Å². The molecule has 2 aromatic carbocycles. The first kappa shape index (κ1) is 14.0. The Morgan fingerprint density at radius 1 is 0.947 bits per heavy atom. The summed E-state index contributed by atoms with van der Waals surface area (Å²) >= 11 is 12.4. The van der Waals surface area contributed by atoms with E-state index < -0.39 is 0 Å². The minimum Gasteiger partial charge on any atom is -0.379 e. The third-order valence-corrected chi connectivity index (χ3v) is 3.53. The fourth-order valence-electron chi connectivity index (χ4n) is 1.94. The summed E-state index contributed by atoms with van der Waals surface area (Å²) in [5, 5.41) is 4.88. The van der Waals surface area contributed by atoms with E-state index in [1.807, 2.05) is 61.5 Å². The van der Waals surface area contributed by atoms with Crippen LogP contribution in [0.3, 0.4) is 0 Å². The Labute approximate surface area is 123 Å². The van der Waals surface area contributed by atoms with Crippen molar-refractivity contribution in [2.45, 2.75) is 6.54 Å². The van der Waals surface area contributed by atoms with Crippen molar-refractivity contribution < 1.29 is 0 Å². The Morgan fingerprint density at radius 3 is 2.32 bits per heavy atom.